The largest absolute Gasteiger partial charge is 0 e. The van der Waals surface area contributed by atoms with Crippen LogP contribution < -0.4 is 5.32 Å². The summed E-state index contributed by atoms with van der Waals surface area (Å²) in [5, 5.41) is 3.00. The Morgan fingerprint density at radius 3 is 1.57 bits per heavy atom. The van der Waals surface area contributed by atoms with Crippen molar-refractivity contribution in [2.75, 3.05) is 34.9 Å². The summed E-state index contributed by atoms with van der Waals surface area (Å²) < 4.78 is 9.14. The van der Waals surface area contributed by atoms with Crippen LogP contribution >= 0.6 is 0 Å². The molecule has 37 heavy (non-hydrogen) atoms. The Morgan fingerprint density at radius 1 is 0.946 bits per heavy atom. The first-order valence-electron chi connectivity index (χ1n) is 11.1. The predicted molar refractivity (Wildman–Crippen MR) is 141 cm³/mol. The summed E-state index contributed by atoms with van der Waals surface area (Å²) in [4.78, 5) is 14.7. The van der Waals surface area contributed by atoms with Gasteiger partial charge in [0.1, 0.15) is 0 Å². The number of nitrogens with zero attached hydrogens (tertiary/aromatic N) is 2. The van der Waals surface area contributed by atoms with Gasteiger partial charge in [-0.1, -0.05) is 19.4 Å². The van der Waals surface area contributed by atoms with E-state index in [2.05, 4.69) is 62.8 Å². The third-order valence-corrected chi connectivity index (χ3v) is 5.74. The van der Waals surface area contributed by atoms with Gasteiger partial charge in [-0.2, -0.15) is 0 Å². The zero-order valence-electron chi connectivity index (χ0n) is 24.6. The van der Waals surface area contributed by atoms with Gasteiger partial charge in [0.25, 0.3) is 0 Å². The molecule has 0 aromatic heterocycles. The summed E-state index contributed by atoms with van der Waals surface area (Å²) in [6.07, 6.45) is 1.05. The summed E-state index contributed by atoms with van der Waals surface area (Å²) >= 11 is 4.23. The molecule has 0 spiro atoms. The molecule has 0 heterocycles. The Hall–Kier alpha value is 2.09. The average molecular weight is 1530 g/mol. The molecule has 0 aliphatic rings. The van der Waals surface area contributed by atoms with Gasteiger partial charge in [-0.3, -0.25) is 4.79 Å². The first kappa shape index (κ1) is 55.1. The number of hydrogen-bond acceptors (Lipinski definition) is 3. The molecule has 0 fully saturated rings. The van der Waals surface area contributed by atoms with Crippen molar-refractivity contribution in [3.05, 3.63) is 47.0 Å². The number of carbonyl (C=O) groups excluding carboxylic acids is 1. The maximum Gasteiger partial charge on any atom is 0 e. The first-order chi connectivity index (χ1) is 15.9. The minimum atomic E-state index is 0. The average Bonchev–Trinajstić information content (AvgIpc) is 2.81. The number of likely N-dealkylation sites (N-methyl/N-ethyl adjacent to an activating group) is 1. The van der Waals surface area contributed by atoms with E-state index in [-0.39, 0.29) is 74.5 Å². The number of benzene rings is 1. The molecule has 1 N–H and O–H groups in total. The van der Waals surface area contributed by atoms with Gasteiger partial charge in [0.15, 0.2) is 0 Å². The van der Waals surface area contributed by atoms with Crippen molar-refractivity contribution in [1.82, 2.24) is 15.1 Å². The van der Waals surface area contributed by atoms with E-state index >= 15 is 0 Å². The number of hydrogen-bond donors (Lipinski definition) is 1. The number of rotatable bonds is 7. The Kier molecular flexibility index (Phi) is 56.7. The number of nitrogens with one attached hydrogen (secondary N) is 1. The second-order valence-corrected chi connectivity index (χ2v) is 11.1. The minimum absolute atomic E-state index is 0. The molecule has 1 aromatic rings. The zero-order valence-corrected chi connectivity index (χ0v) is 42.2. The van der Waals surface area contributed by atoms with Crippen molar-refractivity contribution in [2.24, 2.45) is 0 Å². The molecule has 1 rings (SSSR count). The molecule has 4 nitrogen and oxygen atoms in total. The molecule has 0 bridgehead atoms. The van der Waals surface area contributed by atoms with Crippen LogP contribution in [0.2, 0.25) is 0 Å². The summed E-state index contributed by atoms with van der Waals surface area (Å²) in [6.45, 7) is 17.1. The molecule has 0 saturated heterocycles. The van der Waals surface area contributed by atoms with E-state index in [0.29, 0.717) is 0 Å². The minimum Gasteiger partial charge on any atom is 0 e. The SMILES string of the molecule is CC.CC(C)(C[C-]=[W])c1ccccc1.CC(C)=C(C)C(=O)N(C)C.CNCN(C)[C-]=[W].C[C-]=[W].[W].[W].[W]. The predicted octanol–water partition coefficient (Wildman–Crippen LogP) is 4.54. The number of carbonyl (C=O) groups is 1. The number of allylic oxidation sites excluding steroid dienone is 1. The van der Waals surface area contributed by atoms with E-state index in [0.717, 1.165) is 24.2 Å². The van der Waals surface area contributed by atoms with Gasteiger partial charge in [0.05, 0.1) is 0 Å². The van der Waals surface area contributed by atoms with Crippen LogP contribution in [0.5, 0.6) is 0 Å². The van der Waals surface area contributed by atoms with Crippen LogP contribution in [-0.4, -0.2) is 63.9 Å². The Morgan fingerprint density at radius 2 is 1.35 bits per heavy atom. The maximum absolute atomic E-state index is 11.2. The summed E-state index contributed by atoms with van der Waals surface area (Å²) in [6, 6.07) is 10.6. The molecule has 0 unspecified atom stereocenters. The molecule has 0 radical (unpaired) electrons. The van der Waals surface area contributed by atoms with Gasteiger partial charge in [0, 0.05) is 82.9 Å². The number of amides is 1. The molecule has 214 valence electrons. The third-order valence-electron chi connectivity index (χ3n) is 4.10. The maximum atomic E-state index is 11.2. The summed E-state index contributed by atoms with van der Waals surface area (Å²) in [7, 11) is 7.43. The quantitative estimate of drug-likeness (QED) is 0.189. The van der Waals surface area contributed by atoms with E-state index in [9.17, 15) is 4.79 Å². The fraction of sp³-hybridized carbons (Fsp3) is 0.556. The van der Waals surface area contributed by atoms with Crippen molar-refractivity contribution >= 4 is 19.2 Å². The molecule has 1 amide bonds. The second-order valence-electron chi connectivity index (χ2n) is 7.90. The van der Waals surface area contributed by atoms with Crippen molar-refractivity contribution in [2.45, 2.75) is 67.2 Å². The van der Waals surface area contributed by atoms with Crippen molar-refractivity contribution in [3.63, 3.8) is 0 Å². The van der Waals surface area contributed by atoms with Crippen molar-refractivity contribution in [1.29, 1.82) is 0 Å². The molecule has 0 aliphatic heterocycles. The second kappa shape index (κ2) is 38.1. The van der Waals surface area contributed by atoms with Crippen LogP contribution in [0.25, 0.3) is 0 Å². The Balaban J connectivity index is -0.0000000660. The monoisotopic (exact) mass is 1530 g/mol. The molecule has 0 aliphatic carbocycles. The Bertz CT molecular complexity index is 693. The molecule has 0 saturated carbocycles. The standard InChI is InChI=1S/C11H13.C8H15NO.C4H9N2.C2H6.C2H3.6W/c1-4-11(2,3)10-8-6-5-7-9-10;1-6(2)7(3)8(10)9(4)5;1-5-4-6(2)3;2*1-2;;;;;;/h5-9H,4H2,2-3H3;1-5H3;5H,4H2,1-2H3;1-2H3;1H3;;;;;;/q-1;;-1;;-1;;;;;;. The van der Waals surface area contributed by atoms with E-state index in [1.807, 2.05) is 60.5 Å². The van der Waals surface area contributed by atoms with E-state index in [1.54, 1.807) is 19.0 Å². The molecule has 10 heteroatoms. The first-order valence-corrected chi connectivity index (χ1v) is 15.5. The van der Waals surface area contributed by atoms with Gasteiger partial charge < -0.3 is 4.90 Å². The van der Waals surface area contributed by atoms with E-state index < -0.39 is 0 Å². The fourth-order valence-corrected chi connectivity index (χ4v) is 3.52. The van der Waals surface area contributed by atoms with Crippen LogP contribution in [0.4, 0.5) is 0 Å². The van der Waals surface area contributed by atoms with Gasteiger partial charge in [-0.15, -0.1) is 0 Å². The molecule has 0 atom stereocenters. The summed E-state index contributed by atoms with van der Waals surface area (Å²) in [5.41, 5.74) is 3.57. The fourth-order valence-electron chi connectivity index (χ4n) is 1.99. The summed E-state index contributed by atoms with van der Waals surface area (Å²) in [5.74, 6) is 0.0972. The third kappa shape index (κ3) is 36.1. The normalized spacial score (nSPS) is 8.35. The van der Waals surface area contributed by atoms with Crippen LogP contribution in [0.1, 0.15) is 67.4 Å². The zero-order chi connectivity index (χ0) is 27.7. The van der Waals surface area contributed by atoms with Crippen LogP contribution in [0, 0.1) is 0 Å². The van der Waals surface area contributed by atoms with Crippen LogP contribution in [0.15, 0.2) is 41.5 Å². The van der Waals surface area contributed by atoms with Crippen LogP contribution in [0.3, 0.4) is 0 Å². The van der Waals surface area contributed by atoms with Gasteiger partial charge >= 0.3 is 171 Å². The molecular weight excluding hydrogens is 1490 g/mol. The molecular formula is C27H46N3OW6-3. The van der Waals surface area contributed by atoms with Gasteiger partial charge in [0.2, 0.25) is 5.91 Å². The smallest absolute Gasteiger partial charge is 0 e. The van der Waals surface area contributed by atoms with Gasteiger partial charge in [-0.05, 0) is 20.8 Å². The van der Waals surface area contributed by atoms with E-state index in [4.69, 9.17) is 0 Å². The Labute approximate surface area is 305 Å². The van der Waals surface area contributed by atoms with E-state index in [1.165, 1.54) is 63.6 Å². The van der Waals surface area contributed by atoms with Crippen molar-refractivity contribution < 1.29 is 126 Å². The topological polar surface area (TPSA) is 35.6 Å². The van der Waals surface area contributed by atoms with Crippen LogP contribution in [-0.2, 0) is 131 Å². The van der Waals surface area contributed by atoms with Crippen molar-refractivity contribution in [3.8, 4) is 0 Å². The van der Waals surface area contributed by atoms with Gasteiger partial charge in [-0.25, -0.2) is 0 Å². The molecule has 1 aromatic carbocycles.